The van der Waals surface area contributed by atoms with Crippen LogP contribution < -0.4 is 0 Å². The highest BCUT2D eigenvalue weighted by molar-refractivity contribution is 6.10. The molecule has 0 amide bonds. The van der Waals surface area contributed by atoms with Gasteiger partial charge < -0.3 is 4.57 Å². The zero-order valence-corrected chi connectivity index (χ0v) is 31.0. The normalized spacial score (nSPS) is 11.5. The first-order valence-electron chi connectivity index (χ1n) is 19.4. The van der Waals surface area contributed by atoms with Crippen LogP contribution in [0.2, 0.25) is 0 Å². The Hall–Kier alpha value is -7.62. The van der Waals surface area contributed by atoms with Crippen molar-refractivity contribution in [1.29, 1.82) is 0 Å². The Kier molecular flexibility index (Phi) is 7.82. The Labute approximate surface area is 330 Å². The minimum atomic E-state index is 0.714. The summed E-state index contributed by atoms with van der Waals surface area (Å²) in [6, 6.07) is 75.8. The average Bonchev–Trinajstić information content (AvgIpc) is 3.62. The van der Waals surface area contributed by atoms with E-state index in [0.717, 1.165) is 44.9 Å². The molecular weight excluding hydrogens is 691 g/mol. The molecule has 57 heavy (non-hydrogen) atoms. The zero-order chi connectivity index (χ0) is 37.7. The van der Waals surface area contributed by atoms with E-state index in [1.54, 1.807) is 0 Å². The number of fused-ring (bicyclic) bond motifs is 5. The Morgan fingerprint density at radius 1 is 0.298 bits per heavy atom. The van der Waals surface area contributed by atoms with Crippen molar-refractivity contribution in [3.63, 3.8) is 0 Å². The predicted molar refractivity (Wildman–Crippen MR) is 239 cm³/mol. The summed E-state index contributed by atoms with van der Waals surface area (Å²) >= 11 is 0. The molecule has 0 spiro atoms. The van der Waals surface area contributed by atoms with Crippen LogP contribution in [-0.2, 0) is 0 Å². The van der Waals surface area contributed by atoms with E-state index in [2.05, 4.69) is 199 Å². The lowest BCUT2D eigenvalue weighted by atomic mass is 9.99. The molecule has 0 aliphatic heterocycles. The largest absolute Gasteiger partial charge is 0.309 e. The van der Waals surface area contributed by atoms with E-state index < -0.39 is 0 Å². The van der Waals surface area contributed by atoms with Crippen LogP contribution in [0.4, 0.5) is 0 Å². The standard InChI is InChI=1S/C54H35N3/c1-2-13-41(14-3-1)54-55-50(35-51(56-54)47-19-10-16-39-12-6-7-17-46(39)47)40-24-21-37(22-25-40)38-27-30-45(31-28-38)57-52-20-9-8-18-48(52)49-34-44(29-32-53(49)57)43-26-23-36-11-4-5-15-42(36)33-43/h1-35H. The van der Waals surface area contributed by atoms with E-state index in [1.807, 2.05) is 18.2 Å². The molecule has 266 valence electrons. The van der Waals surface area contributed by atoms with Crippen molar-refractivity contribution >= 4 is 43.4 Å². The van der Waals surface area contributed by atoms with Gasteiger partial charge in [0.05, 0.1) is 22.4 Å². The third kappa shape index (κ3) is 5.85. The first-order valence-corrected chi connectivity index (χ1v) is 19.4. The monoisotopic (exact) mass is 725 g/mol. The quantitative estimate of drug-likeness (QED) is 0.171. The fraction of sp³-hybridized carbons (Fsp3) is 0. The van der Waals surface area contributed by atoms with Gasteiger partial charge in [0.1, 0.15) is 0 Å². The Morgan fingerprint density at radius 2 is 0.877 bits per heavy atom. The molecule has 11 aromatic rings. The van der Waals surface area contributed by atoms with Gasteiger partial charge in [-0.3, -0.25) is 0 Å². The van der Waals surface area contributed by atoms with Crippen LogP contribution in [0.5, 0.6) is 0 Å². The van der Waals surface area contributed by atoms with Crippen LogP contribution in [0, 0.1) is 0 Å². The van der Waals surface area contributed by atoms with Gasteiger partial charge in [-0.2, -0.15) is 0 Å². The number of aromatic nitrogens is 3. The summed E-state index contributed by atoms with van der Waals surface area (Å²) in [7, 11) is 0. The van der Waals surface area contributed by atoms with Gasteiger partial charge in [0.25, 0.3) is 0 Å². The number of para-hydroxylation sites is 1. The number of nitrogens with zero attached hydrogens (tertiary/aromatic N) is 3. The highest BCUT2D eigenvalue weighted by Gasteiger charge is 2.15. The fourth-order valence-corrected chi connectivity index (χ4v) is 8.33. The van der Waals surface area contributed by atoms with Gasteiger partial charge in [0.15, 0.2) is 5.82 Å². The molecule has 11 rings (SSSR count). The lowest BCUT2D eigenvalue weighted by molar-refractivity contribution is 1.18. The fourth-order valence-electron chi connectivity index (χ4n) is 8.33. The SMILES string of the molecule is c1ccc(-c2nc(-c3ccc(-c4ccc(-n5c6ccccc6c6cc(-c7ccc8ccccc8c7)ccc65)cc4)cc3)cc(-c3cccc4ccccc34)n2)cc1. The van der Waals surface area contributed by atoms with Crippen LogP contribution in [-0.4, -0.2) is 14.5 Å². The number of hydrogen-bond donors (Lipinski definition) is 0. The number of rotatable bonds is 6. The maximum atomic E-state index is 5.10. The summed E-state index contributed by atoms with van der Waals surface area (Å²) in [6.07, 6.45) is 0. The minimum Gasteiger partial charge on any atom is -0.309 e. The molecule has 2 heterocycles. The molecule has 2 aromatic heterocycles. The number of benzene rings is 9. The van der Waals surface area contributed by atoms with Crippen molar-refractivity contribution in [2.45, 2.75) is 0 Å². The molecule has 3 heteroatoms. The summed E-state index contributed by atoms with van der Waals surface area (Å²) in [5.41, 5.74) is 13.2. The van der Waals surface area contributed by atoms with Crippen molar-refractivity contribution < 1.29 is 0 Å². The van der Waals surface area contributed by atoms with E-state index in [9.17, 15) is 0 Å². The van der Waals surface area contributed by atoms with Crippen molar-refractivity contribution in [3.05, 3.63) is 212 Å². The van der Waals surface area contributed by atoms with E-state index in [1.165, 1.54) is 54.5 Å². The van der Waals surface area contributed by atoms with Gasteiger partial charge in [-0.05, 0) is 86.3 Å². The molecule has 0 radical (unpaired) electrons. The second-order valence-electron chi connectivity index (χ2n) is 14.6. The van der Waals surface area contributed by atoms with Gasteiger partial charge in [0.2, 0.25) is 0 Å². The molecular formula is C54H35N3. The van der Waals surface area contributed by atoms with Crippen molar-refractivity contribution in [3.8, 4) is 61.8 Å². The molecule has 0 unspecified atom stereocenters. The van der Waals surface area contributed by atoms with Crippen LogP contribution in [0.25, 0.3) is 105 Å². The van der Waals surface area contributed by atoms with E-state index in [0.29, 0.717) is 5.82 Å². The highest BCUT2D eigenvalue weighted by atomic mass is 15.0. The van der Waals surface area contributed by atoms with Crippen LogP contribution in [0.15, 0.2) is 212 Å². The zero-order valence-electron chi connectivity index (χ0n) is 31.0. The smallest absolute Gasteiger partial charge is 0.160 e. The molecule has 0 fully saturated rings. The molecule has 0 saturated carbocycles. The maximum absolute atomic E-state index is 5.10. The highest BCUT2D eigenvalue weighted by Crippen LogP contribution is 2.37. The predicted octanol–water partition coefficient (Wildman–Crippen LogP) is 14.2. The molecule has 3 nitrogen and oxygen atoms in total. The van der Waals surface area contributed by atoms with Gasteiger partial charge in [0, 0.05) is 33.2 Å². The van der Waals surface area contributed by atoms with Crippen LogP contribution in [0.3, 0.4) is 0 Å². The lowest BCUT2D eigenvalue weighted by Crippen LogP contribution is -1.96. The molecule has 0 aliphatic rings. The van der Waals surface area contributed by atoms with Crippen molar-refractivity contribution in [2.75, 3.05) is 0 Å². The molecule has 0 aliphatic carbocycles. The second kappa shape index (κ2) is 13.6. The van der Waals surface area contributed by atoms with E-state index in [-0.39, 0.29) is 0 Å². The summed E-state index contributed by atoms with van der Waals surface area (Å²) in [6.45, 7) is 0. The lowest BCUT2D eigenvalue weighted by Gasteiger charge is -2.12. The van der Waals surface area contributed by atoms with Gasteiger partial charge in [-0.25, -0.2) is 9.97 Å². The second-order valence-corrected chi connectivity index (χ2v) is 14.6. The first-order chi connectivity index (χ1) is 28.2. The Balaban J connectivity index is 0.938. The topological polar surface area (TPSA) is 30.7 Å². The summed E-state index contributed by atoms with van der Waals surface area (Å²) in [5.74, 6) is 0.714. The maximum Gasteiger partial charge on any atom is 0.160 e. The summed E-state index contributed by atoms with van der Waals surface area (Å²) in [4.78, 5) is 10.2. The summed E-state index contributed by atoms with van der Waals surface area (Å²) < 4.78 is 2.38. The molecule has 0 atom stereocenters. The van der Waals surface area contributed by atoms with Crippen LogP contribution in [0.1, 0.15) is 0 Å². The van der Waals surface area contributed by atoms with Gasteiger partial charge >= 0.3 is 0 Å². The van der Waals surface area contributed by atoms with Crippen molar-refractivity contribution in [2.24, 2.45) is 0 Å². The average molecular weight is 726 g/mol. The van der Waals surface area contributed by atoms with Crippen molar-refractivity contribution in [1.82, 2.24) is 14.5 Å². The van der Waals surface area contributed by atoms with E-state index in [4.69, 9.17) is 9.97 Å². The Bertz CT molecular complexity index is 3260. The Morgan fingerprint density at radius 3 is 1.70 bits per heavy atom. The third-order valence-electron chi connectivity index (χ3n) is 11.2. The molecule has 9 aromatic carbocycles. The number of hydrogen-bond acceptors (Lipinski definition) is 2. The molecule has 0 N–H and O–H groups in total. The minimum absolute atomic E-state index is 0.714. The third-order valence-corrected chi connectivity index (χ3v) is 11.2. The molecule has 0 bridgehead atoms. The summed E-state index contributed by atoms with van der Waals surface area (Å²) in [5, 5.41) is 7.38. The van der Waals surface area contributed by atoms with Gasteiger partial charge in [-0.1, -0.05) is 170 Å². The first kappa shape index (κ1) is 32.8. The van der Waals surface area contributed by atoms with Crippen LogP contribution >= 0.6 is 0 Å². The van der Waals surface area contributed by atoms with Gasteiger partial charge in [-0.15, -0.1) is 0 Å². The van der Waals surface area contributed by atoms with E-state index >= 15 is 0 Å². The molecule has 0 saturated heterocycles.